The molecule has 0 bridgehead atoms. The lowest BCUT2D eigenvalue weighted by molar-refractivity contribution is 0.100. The van der Waals surface area contributed by atoms with E-state index < -0.39 is 5.91 Å². The number of anilines is 5. The summed E-state index contributed by atoms with van der Waals surface area (Å²) in [6, 6.07) is 23.4. The third-order valence-corrected chi connectivity index (χ3v) is 6.79. The van der Waals surface area contributed by atoms with E-state index in [2.05, 4.69) is 49.4 Å². The minimum atomic E-state index is -0.504. The van der Waals surface area contributed by atoms with Crippen LogP contribution in [-0.4, -0.2) is 59.2 Å². The number of morpholine rings is 1. The van der Waals surface area contributed by atoms with Crippen LogP contribution in [0.15, 0.2) is 79.0 Å². The number of primary amides is 1. The molecule has 1 saturated heterocycles. The molecule has 0 saturated carbocycles. The molecule has 10 heteroatoms. The number of ether oxygens (including phenoxy) is 1. The van der Waals surface area contributed by atoms with Crippen molar-refractivity contribution in [1.29, 1.82) is 0 Å². The number of amides is 1. The SMILES string of the molecule is CN(c1ccc(N2CCOCC2)cc1)c1ccnc(Nc2ccc(-c3nc4c(C(N)=O)cccc4[nH]3)cc2)n1. The van der Waals surface area contributed by atoms with Crippen LogP contribution in [0.5, 0.6) is 0 Å². The van der Waals surface area contributed by atoms with E-state index >= 15 is 0 Å². The first-order valence-electron chi connectivity index (χ1n) is 12.7. The largest absolute Gasteiger partial charge is 0.378 e. The first-order chi connectivity index (χ1) is 19.0. The molecule has 4 N–H and O–H groups in total. The van der Waals surface area contributed by atoms with Gasteiger partial charge in [-0.15, -0.1) is 0 Å². The summed E-state index contributed by atoms with van der Waals surface area (Å²) in [4.78, 5) is 33.0. The summed E-state index contributed by atoms with van der Waals surface area (Å²) in [5.41, 5.74) is 11.1. The minimum Gasteiger partial charge on any atom is -0.378 e. The molecular formula is C29H28N8O2. The molecule has 0 atom stereocenters. The number of aromatic nitrogens is 4. The zero-order chi connectivity index (χ0) is 26.8. The molecule has 2 aromatic heterocycles. The number of hydrogen-bond acceptors (Lipinski definition) is 8. The van der Waals surface area contributed by atoms with E-state index in [0.717, 1.165) is 54.6 Å². The number of rotatable bonds is 7. The number of imidazole rings is 1. The van der Waals surface area contributed by atoms with Gasteiger partial charge in [0.1, 0.15) is 17.2 Å². The number of nitrogens with zero attached hydrogens (tertiary/aromatic N) is 5. The van der Waals surface area contributed by atoms with E-state index in [1.807, 2.05) is 48.3 Å². The van der Waals surface area contributed by atoms with Gasteiger partial charge in [0, 0.05) is 49.0 Å². The third kappa shape index (κ3) is 5.10. The van der Waals surface area contributed by atoms with Crippen LogP contribution in [0.25, 0.3) is 22.4 Å². The molecule has 1 fully saturated rings. The molecular weight excluding hydrogens is 492 g/mol. The van der Waals surface area contributed by atoms with E-state index in [4.69, 9.17) is 15.5 Å². The maximum Gasteiger partial charge on any atom is 0.250 e. The lowest BCUT2D eigenvalue weighted by atomic mass is 10.2. The fourth-order valence-electron chi connectivity index (χ4n) is 4.65. The van der Waals surface area contributed by atoms with Gasteiger partial charge in [-0.05, 0) is 66.7 Å². The Labute approximate surface area is 225 Å². The average molecular weight is 521 g/mol. The molecule has 0 unspecified atom stereocenters. The summed E-state index contributed by atoms with van der Waals surface area (Å²) in [6.45, 7) is 3.34. The summed E-state index contributed by atoms with van der Waals surface area (Å²) in [5, 5.41) is 3.27. The number of hydrogen-bond donors (Lipinski definition) is 3. The normalized spacial score (nSPS) is 13.4. The van der Waals surface area contributed by atoms with Gasteiger partial charge < -0.3 is 30.6 Å². The number of carbonyl (C=O) groups is 1. The van der Waals surface area contributed by atoms with Gasteiger partial charge in [0.2, 0.25) is 5.95 Å². The predicted octanol–water partition coefficient (Wildman–Crippen LogP) is 4.47. The fraction of sp³-hybridized carbons (Fsp3) is 0.172. The Bertz CT molecular complexity index is 1610. The molecule has 0 aliphatic carbocycles. The van der Waals surface area contributed by atoms with Crippen molar-refractivity contribution in [3.8, 4) is 11.4 Å². The lowest BCUT2D eigenvalue weighted by Gasteiger charge is -2.29. The minimum absolute atomic E-state index is 0.392. The molecule has 1 aliphatic heterocycles. The van der Waals surface area contributed by atoms with Crippen molar-refractivity contribution < 1.29 is 9.53 Å². The first-order valence-corrected chi connectivity index (χ1v) is 12.7. The highest BCUT2D eigenvalue weighted by Crippen LogP contribution is 2.27. The zero-order valence-corrected chi connectivity index (χ0v) is 21.5. The van der Waals surface area contributed by atoms with Crippen molar-refractivity contribution in [2.45, 2.75) is 0 Å². The Morgan fingerprint density at radius 3 is 2.51 bits per heavy atom. The topological polar surface area (TPSA) is 125 Å². The quantitative estimate of drug-likeness (QED) is 0.287. The van der Waals surface area contributed by atoms with E-state index in [1.165, 1.54) is 5.69 Å². The Hall–Kier alpha value is -4.96. The molecule has 0 spiro atoms. The molecule has 10 nitrogen and oxygen atoms in total. The van der Waals surface area contributed by atoms with E-state index in [-0.39, 0.29) is 0 Å². The highest BCUT2D eigenvalue weighted by atomic mass is 16.5. The van der Waals surface area contributed by atoms with Gasteiger partial charge in [0.15, 0.2) is 0 Å². The second kappa shape index (κ2) is 10.4. The third-order valence-electron chi connectivity index (χ3n) is 6.79. The Morgan fingerprint density at radius 2 is 1.77 bits per heavy atom. The Morgan fingerprint density at radius 1 is 1.00 bits per heavy atom. The Balaban J connectivity index is 1.16. The molecule has 1 aliphatic rings. The summed E-state index contributed by atoms with van der Waals surface area (Å²) < 4.78 is 5.45. The number of benzene rings is 3. The maximum absolute atomic E-state index is 11.7. The zero-order valence-electron chi connectivity index (χ0n) is 21.5. The smallest absolute Gasteiger partial charge is 0.250 e. The molecule has 1 amide bonds. The number of aromatic amines is 1. The highest BCUT2D eigenvalue weighted by Gasteiger charge is 2.14. The lowest BCUT2D eigenvalue weighted by Crippen LogP contribution is -2.36. The van der Waals surface area contributed by atoms with Gasteiger partial charge in [-0.3, -0.25) is 4.79 Å². The number of nitrogens with two attached hydrogens (primary N) is 1. The second-order valence-corrected chi connectivity index (χ2v) is 9.27. The van der Waals surface area contributed by atoms with Crippen LogP contribution in [0.4, 0.5) is 28.8 Å². The van der Waals surface area contributed by atoms with Gasteiger partial charge in [0.25, 0.3) is 5.91 Å². The average Bonchev–Trinajstić information content (AvgIpc) is 3.42. The Kier molecular flexibility index (Phi) is 6.52. The van der Waals surface area contributed by atoms with Crippen molar-refractivity contribution in [3.05, 3.63) is 84.6 Å². The highest BCUT2D eigenvalue weighted by molar-refractivity contribution is 6.04. The van der Waals surface area contributed by atoms with Crippen molar-refractivity contribution in [2.75, 3.05) is 48.5 Å². The van der Waals surface area contributed by atoms with Gasteiger partial charge in [-0.2, -0.15) is 4.98 Å². The first kappa shape index (κ1) is 24.4. The van der Waals surface area contributed by atoms with Crippen molar-refractivity contribution in [3.63, 3.8) is 0 Å². The maximum atomic E-state index is 11.7. The van der Waals surface area contributed by atoms with E-state index in [9.17, 15) is 4.79 Å². The van der Waals surface area contributed by atoms with Crippen molar-refractivity contribution in [1.82, 2.24) is 19.9 Å². The molecule has 196 valence electrons. The number of carbonyl (C=O) groups excluding carboxylic acids is 1. The molecule has 3 heterocycles. The fourth-order valence-corrected chi connectivity index (χ4v) is 4.65. The van der Waals surface area contributed by atoms with E-state index in [0.29, 0.717) is 22.9 Å². The van der Waals surface area contributed by atoms with Crippen molar-refractivity contribution in [2.24, 2.45) is 5.73 Å². The summed E-state index contributed by atoms with van der Waals surface area (Å²) in [7, 11) is 1.99. The molecule has 6 rings (SSSR count). The number of para-hydroxylation sites is 1. The van der Waals surface area contributed by atoms with Crippen LogP contribution in [0, 0.1) is 0 Å². The molecule has 39 heavy (non-hydrogen) atoms. The van der Waals surface area contributed by atoms with Crippen LogP contribution in [0.2, 0.25) is 0 Å². The van der Waals surface area contributed by atoms with E-state index in [1.54, 1.807) is 18.3 Å². The number of H-pyrrole nitrogens is 1. The molecule has 0 radical (unpaired) electrons. The number of fused-ring (bicyclic) bond motifs is 1. The standard InChI is InChI=1S/C29H28N8O2/c1-36(21-9-11-22(12-10-21)37-15-17-39-18-16-37)25-13-14-31-29(34-25)32-20-7-5-19(6-8-20)28-33-24-4-2-3-23(27(30)38)26(24)35-28/h2-14H,15-18H2,1H3,(H2,30,38)(H,33,35)(H,31,32,34). The van der Waals surface area contributed by atoms with Crippen LogP contribution in [-0.2, 0) is 4.74 Å². The second-order valence-electron chi connectivity index (χ2n) is 9.27. The summed E-state index contributed by atoms with van der Waals surface area (Å²) in [6.07, 6.45) is 1.74. The van der Waals surface area contributed by atoms with Crippen LogP contribution >= 0.6 is 0 Å². The monoisotopic (exact) mass is 520 g/mol. The van der Waals surface area contributed by atoms with Gasteiger partial charge in [0.05, 0.1) is 24.3 Å². The predicted molar refractivity (Wildman–Crippen MR) is 153 cm³/mol. The summed E-state index contributed by atoms with van der Waals surface area (Å²) >= 11 is 0. The molecule has 5 aromatic rings. The van der Waals surface area contributed by atoms with Gasteiger partial charge >= 0.3 is 0 Å². The van der Waals surface area contributed by atoms with Gasteiger partial charge in [-0.25, -0.2) is 9.97 Å². The van der Waals surface area contributed by atoms with Crippen molar-refractivity contribution >= 4 is 45.8 Å². The van der Waals surface area contributed by atoms with Crippen LogP contribution < -0.4 is 20.9 Å². The van der Waals surface area contributed by atoms with Crippen LogP contribution in [0.3, 0.4) is 0 Å². The van der Waals surface area contributed by atoms with Crippen LogP contribution in [0.1, 0.15) is 10.4 Å². The summed E-state index contributed by atoms with van der Waals surface area (Å²) in [5.74, 6) is 1.42. The molecule has 3 aromatic carbocycles. The number of nitrogens with one attached hydrogen (secondary N) is 2. The van der Waals surface area contributed by atoms with Gasteiger partial charge in [-0.1, -0.05) is 6.07 Å².